The average Bonchev–Trinajstić information content (AvgIpc) is 1.69. The van der Waals surface area contributed by atoms with E-state index in [4.69, 9.17) is 0 Å². The first-order valence-corrected chi connectivity index (χ1v) is 6.22. The molecule has 0 bridgehead atoms. The molecule has 0 fully saturated rings. The van der Waals surface area contributed by atoms with Gasteiger partial charge in [-0.25, -0.2) is 0 Å². The molecule has 0 aromatic carbocycles. The molecule has 36 valence electrons. The van der Waals surface area contributed by atoms with Crippen LogP contribution < -0.4 is 0 Å². The molecule has 0 nitrogen and oxygen atoms in total. The van der Waals surface area contributed by atoms with E-state index in [2.05, 4.69) is 31.7 Å². The third-order valence-electron chi connectivity index (χ3n) is 0.721. The van der Waals surface area contributed by atoms with Crippen molar-refractivity contribution < 1.29 is 0 Å². The summed E-state index contributed by atoms with van der Waals surface area (Å²) in [6.45, 7) is 0. The first kappa shape index (κ1) is 5.95. The number of hydrogen-bond donors (Lipinski definition) is 0. The molecule has 0 unspecified atom stereocenters. The number of allylic oxidation sites excluding steroid dienone is 2. The Balaban J connectivity index is 2.66. The van der Waals surface area contributed by atoms with Gasteiger partial charge < -0.3 is 0 Å². The van der Waals surface area contributed by atoms with Gasteiger partial charge in [0.2, 0.25) is 0 Å². The molecule has 0 aromatic rings. The molecule has 0 amide bonds. The minimum atomic E-state index is 0.0988. The Labute approximate surface area is 61.4 Å². The maximum absolute atomic E-state index is 3.03. The molecule has 7 heavy (non-hydrogen) atoms. The van der Waals surface area contributed by atoms with E-state index < -0.39 is 0 Å². The van der Waals surface area contributed by atoms with Crippen LogP contribution in [0.3, 0.4) is 0 Å². The van der Waals surface area contributed by atoms with Crippen molar-refractivity contribution in [3.63, 3.8) is 0 Å². The standard InChI is InChI=1S/C5H5Se.Sb/c1-3-4-5(2)6;/h1,3-4H,2H2;. The Hall–Kier alpha value is 0.818. The van der Waals surface area contributed by atoms with E-state index in [9.17, 15) is 0 Å². The van der Waals surface area contributed by atoms with Crippen molar-refractivity contribution in [2.45, 2.75) is 4.37 Å². The summed E-state index contributed by atoms with van der Waals surface area (Å²) in [5.74, 6) is 0. The van der Waals surface area contributed by atoms with Gasteiger partial charge in [-0.05, 0) is 0 Å². The predicted octanol–water partition coefficient (Wildman–Crippen LogP) is -0.178. The second-order valence-electron chi connectivity index (χ2n) is 1.32. The Kier molecular flexibility index (Phi) is 2.52. The Morgan fingerprint density at radius 2 is 2.57 bits per heavy atom. The summed E-state index contributed by atoms with van der Waals surface area (Å²) in [6, 6.07) is 0. The fourth-order valence-electron chi connectivity index (χ4n) is 0.407. The molecular formula is C5H5SbSe. The monoisotopic (exact) mass is 266 g/mol. The van der Waals surface area contributed by atoms with Gasteiger partial charge >= 0.3 is 61.6 Å². The van der Waals surface area contributed by atoms with Gasteiger partial charge in [0.25, 0.3) is 0 Å². The van der Waals surface area contributed by atoms with Crippen LogP contribution in [0, 0.1) is 0 Å². The van der Waals surface area contributed by atoms with Crippen LogP contribution in [0.1, 0.15) is 0 Å². The van der Waals surface area contributed by atoms with Gasteiger partial charge in [0.1, 0.15) is 0 Å². The normalized spacial score (nSPS) is 18.0. The van der Waals surface area contributed by atoms with E-state index in [1.165, 1.54) is 8.78 Å². The van der Waals surface area contributed by atoms with Gasteiger partial charge in [-0.3, -0.25) is 0 Å². The van der Waals surface area contributed by atoms with Crippen LogP contribution in [0.15, 0.2) is 12.2 Å². The Morgan fingerprint density at radius 1 is 1.71 bits per heavy atom. The van der Waals surface area contributed by atoms with Gasteiger partial charge in [-0.15, -0.1) is 0 Å². The van der Waals surface area contributed by atoms with Gasteiger partial charge in [-0.2, -0.15) is 0 Å². The first-order valence-electron chi connectivity index (χ1n) is 2.09. The summed E-state index contributed by atoms with van der Waals surface area (Å²) in [6.07, 6.45) is 4.31. The SMILES string of the molecule is [Se]=C1C=C[CH]=[Sb][CH2]1. The van der Waals surface area contributed by atoms with Crippen LogP contribution >= 0.6 is 0 Å². The van der Waals surface area contributed by atoms with Gasteiger partial charge in [0.05, 0.1) is 0 Å². The third kappa shape index (κ3) is 2.04. The van der Waals surface area contributed by atoms with Gasteiger partial charge in [-0.1, -0.05) is 0 Å². The maximum atomic E-state index is 3.03. The molecular weight excluding hydrogens is 261 g/mol. The molecule has 0 aliphatic carbocycles. The molecule has 0 atom stereocenters. The molecule has 1 heterocycles. The fourth-order valence-corrected chi connectivity index (χ4v) is 3.33. The molecule has 1 rings (SSSR count). The summed E-state index contributed by atoms with van der Waals surface area (Å²) < 4.78 is 5.13. The molecule has 1 aliphatic rings. The quantitative estimate of drug-likeness (QED) is 0.533. The van der Waals surface area contributed by atoms with E-state index in [0.29, 0.717) is 0 Å². The zero-order chi connectivity index (χ0) is 5.11. The summed E-state index contributed by atoms with van der Waals surface area (Å²) in [7, 11) is 0. The van der Waals surface area contributed by atoms with Crippen molar-refractivity contribution in [1.82, 2.24) is 0 Å². The van der Waals surface area contributed by atoms with Gasteiger partial charge in [0.15, 0.2) is 0 Å². The van der Waals surface area contributed by atoms with E-state index >= 15 is 0 Å². The topological polar surface area (TPSA) is 0 Å². The minimum absolute atomic E-state index is 0.0988. The Bertz CT molecular complexity index is 135. The first-order chi connectivity index (χ1) is 3.39. The van der Waals surface area contributed by atoms with Crippen LogP contribution in [0.2, 0.25) is 4.37 Å². The fraction of sp³-hybridized carbons (Fsp3) is 0.200. The zero-order valence-electron chi connectivity index (χ0n) is 3.79. The molecule has 2 heteroatoms. The van der Waals surface area contributed by atoms with E-state index in [1.54, 1.807) is 0 Å². The van der Waals surface area contributed by atoms with Crippen molar-refractivity contribution in [3.8, 4) is 0 Å². The average molecular weight is 266 g/mol. The summed E-state index contributed by atoms with van der Waals surface area (Å²) in [5, 5.41) is 0. The van der Waals surface area contributed by atoms with Gasteiger partial charge in [0, 0.05) is 0 Å². The van der Waals surface area contributed by atoms with Crippen molar-refractivity contribution in [2.24, 2.45) is 0 Å². The van der Waals surface area contributed by atoms with Crippen molar-refractivity contribution in [3.05, 3.63) is 12.2 Å². The second-order valence-corrected chi connectivity index (χ2v) is 5.21. The summed E-state index contributed by atoms with van der Waals surface area (Å²) >= 11 is 3.13. The third-order valence-corrected chi connectivity index (χ3v) is 5.33. The van der Waals surface area contributed by atoms with Crippen LogP contribution in [-0.4, -0.2) is 45.1 Å². The molecule has 1 aliphatic heterocycles. The predicted molar refractivity (Wildman–Crippen MR) is 36.5 cm³/mol. The molecule has 0 aromatic heterocycles. The molecule has 0 saturated carbocycles. The zero-order valence-corrected chi connectivity index (χ0v) is 8.06. The Morgan fingerprint density at radius 3 is 2.86 bits per heavy atom. The van der Waals surface area contributed by atoms with Crippen molar-refractivity contribution >= 4 is 45.1 Å². The van der Waals surface area contributed by atoms with Crippen molar-refractivity contribution in [1.29, 1.82) is 0 Å². The van der Waals surface area contributed by atoms with Crippen molar-refractivity contribution in [2.75, 3.05) is 0 Å². The molecule has 0 spiro atoms. The van der Waals surface area contributed by atoms with Crippen LogP contribution in [-0.2, 0) is 0 Å². The van der Waals surface area contributed by atoms with Crippen LogP contribution in [0.4, 0.5) is 0 Å². The van der Waals surface area contributed by atoms with Crippen LogP contribution in [0.25, 0.3) is 0 Å². The molecule has 0 radical (unpaired) electrons. The summed E-state index contributed by atoms with van der Waals surface area (Å²) in [4.78, 5) is 0. The van der Waals surface area contributed by atoms with E-state index in [-0.39, 0.29) is 21.1 Å². The molecule has 0 N–H and O–H groups in total. The van der Waals surface area contributed by atoms with Crippen LogP contribution in [0.5, 0.6) is 0 Å². The molecule has 0 saturated heterocycles. The summed E-state index contributed by atoms with van der Waals surface area (Å²) in [5.41, 5.74) is 0. The van der Waals surface area contributed by atoms with E-state index in [0.717, 1.165) is 0 Å². The number of hydrogen-bond acceptors (Lipinski definition) is 0. The number of rotatable bonds is 0. The second kappa shape index (κ2) is 2.97. The van der Waals surface area contributed by atoms with E-state index in [1.807, 2.05) is 0 Å².